The maximum Gasteiger partial charge on any atom is 0.252 e. The monoisotopic (exact) mass is 424 g/mol. The molecule has 1 N–H and O–H groups in total. The Morgan fingerprint density at radius 3 is 2.56 bits per heavy atom. The summed E-state index contributed by atoms with van der Waals surface area (Å²) in [5.74, 6) is 0.722. The molecule has 2 aromatic rings. The summed E-state index contributed by atoms with van der Waals surface area (Å²) in [5, 5.41) is 2.90. The highest BCUT2D eigenvalue weighted by atomic mass is 32.2. The lowest BCUT2D eigenvalue weighted by Gasteiger charge is -2.13. The number of sulfonamides is 1. The lowest BCUT2D eigenvalue weighted by molar-refractivity contribution is -0.120. The van der Waals surface area contributed by atoms with E-state index in [4.69, 9.17) is 0 Å². The predicted molar refractivity (Wildman–Crippen MR) is 111 cm³/mol. The number of hydrogen-bond acceptors (Lipinski definition) is 5. The molecule has 1 amide bonds. The molecule has 0 radical (unpaired) electrons. The van der Waals surface area contributed by atoms with E-state index in [-0.39, 0.29) is 12.3 Å². The minimum absolute atomic E-state index is 0.0773. The molecule has 27 heavy (non-hydrogen) atoms. The van der Waals surface area contributed by atoms with Crippen LogP contribution in [0.25, 0.3) is 0 Å². The van der Waals surface area contributed by atoms with Gasteiger partial charge in [0.15, 0.2) is 0 Å². The number of rotatable bonds is 8. The Morgan fingerprint density at radius 1 is 1.15 bits per heavy atom. The lowest BCUT2D eigenvalue weighted by Crippen LogP contribution is -2.27. The van der Waals surface area contributed by atoms with Gasteiger partial charge in [0, 0.05) is 35.2 Å². The van der Waals surface area contributed by atoms with E-state index < -0.39 is 10.0 Å². The Kier molecular flexibility index (Phi) is 6.97. The van der Waals surface area contributed by atoms with Gasteiger partial charge < -0.3 is 5.32 Å². The molecule has 1 fully saturated rings. The van der Waals surface area contributed by atoms with Gasteiger partial charge in [-0.3, -0.25) is 4.79 Å². The van der Waals surface area contributed by atoms with E-state index in [1.165, 1.54) is 26.1 Å². The highest BCUT2D eigenvalue weighted by Crippen LogP contribution is 2.27. The number of amides is 1. The quantitative estimate of drug-likeness (QED) is 0.522. The number of aryl methyl sites for hydroxylation is 1. The van der Waals surface area contributed by atoms with Crippen LogP contribution >= 0.6 is 23.1 Å². The van der Waals surface area contributed by atoms with Gasteiger partial charge in [0.05, 0.1) is 6.42 Å². The minimum Gasteiger partial charge on any atom is -0.355 e. The number of thioether (sulfide) groups is 1. The fourth-order valence-electron chi connectivity index (χ4n) is 2.86. The third kappa shape index (κ3) is 5.57. The highest BCUT2D eigenvalue weighted by molar-refractivity contribution is 7.99. The second-order valence-electron chi connectivity index (χ2n) is 6.52. The number of hydrogen-bond donors (Lipinski definition) is 1. The Morgan fingerprint density at radius 2 is 1.85 bits per heavy atom. The van der Waals surface area contributed by atoms with E-state index in [1.54, 1.807) is 23.9 Å². The standard InChI is InChI=1S/C19H24N2O3S3/c1-15-4-6-16(7-5-15)25-13-10-20-18(22)14-17-8-9-19(26-17)27(23,24)21-11-2-3-12-21/h4-9H,2-3,10-14H2,1H3,(H,20,22). The molecule has 146 valence electrons. The van der Waals surface area contributed by atoms with Crippen LogP contribution in [0.15, 0.2) is 45.5 Å². The molecular weight excluding hydrogens is 400 g/mol. The van der Waals surface area contributed by atoms with Crippen LogP contribution in [0.5, 0.6) is 0 Å². The summed E-state index contributed by atoms with van der Waals surface area (Å²) in [4.78, 5) is 14.1. The van der Waals surface area contributed by atoms with Crippen molar-refractivity contribution in [2.45, 2.75) is 35.3 Å². The first-order chi connectivity index (χ1) is 12.9. The van der Waals surface area contributed by atoms with E-state index in [0.29, 0.717) is 23.8 Å². The second-order valence-corrected chi connectivity index (χ2v) is 11.0. The highest BCUT2D eigenvalue weighted by Gasteiger charge is 2.28. The Bertz CT molecular complexity index is 870. The molecule has 2 heterocycles. The smallest absolute Gasteiger partial charge is 0.252 e. The first-order valence-corrected chi connectivity index (χ1v) is 12.2. The van der Waals surface area contributed by atoms with Crippen molar-refractivity contribution >= 4 is 39.0 Å². The number of carbonyl (C=O) groups is 1. The predicted octanol–water partition coefficient (Wildman–Crippen LogP) is 3.29. The molecule has 5 nitrogen and oxygen atoms in total. The van der Waals surface area contributed by atoms with Crippen LogP contribution in [0.2, 0.25) is 0 Å². The van der Waals surface area contributed by atoms with E-state index in [2.05, 4.69) is 36.5 Å². The van der Waals surface area contributed by atoms with Crippen LogP contribution in [-0.2, 0) is 21.2 Å². The van der Waals surface area contributed by atoms with Crippen molar-refractivity contribution in [3.63, 3.8) is 0 Å². The van der Waals surface area contributed by atoms with Gasteiger partial charge in [0.2, 0.25) is 5.91 Å². The van der Waals surface area contributed by atoms with Crippen molar-refractivity contribution in [1.29, 1.82) is 0 Å². The molecule has 0 bridgehead atoms. The van der Waals surface area contributed by atoms with E-state index in [1.807, 2.05) is 0 Å². The maximum absolute atomic E-state index is 12.5. The number of carbonyl (C=O) groups excluding carboxylic acids is 1. The largest absolute Gasteiger partial charge is 0.355 e. The summed E-state index contributed by atoms with van der Waals surface area (Å²) in [6, 6.07) is 11.7. The molecule has 1 aromatic carbocycles. The fraction of sp³-hybridized carbons (Fsp3) is 0.421. The summed E-state index contributed by atoms with van der Waals surface area (Å²) in [6.07, 6.45) is 2.05. The molecular formula is C19H24N2O3S3. The van der Waals surface area contributed by atoms with Crippen LogP contribution in [0.1, 0.15) is 23.3 Å². The van der Waals surface area contributed by atoms with Gasteiger partial charge in [-0.1, -0.05) is 17.7 Å². The molecule has 1 aliphatic rings. The van der Waals surface area contributed by atoms with Gasteiger partial charge in [-0.2, -0.15) is 4.31 Å². The summed E-state index contributed by atoms with van der Waals surface area (Å²) in [6.45, 7) is 3.83. The van der Waals surface area contributed by atoms with Crippen molar-refractivity contribution in [2.75, 3.05) is 25.4 Å². The Hall–Kier alpha value is -1.35. The SMILES string of the molecule is Cc1ccc(SCCNC(=O)Cc2ccc(S(=O)(=O)N3CCCC3)s2)cc1. The molecule has 0 spiro atoms. The van der Waals surface area contributed by atoms with E-state index in [9.17, 15) is 13.2 Å². The van der Waals surface area contributed by atoms with Gasteiger partial charge in [-0.15, -0.1) is 23.1 Å². The average Bonchev–Trinajstić information content (AvgIpc) is 3.33. The first kappa shape index (κ1) is 20.4. The number of thiophene rings is 1. The zero-order valence-electron chi connectivity index (χ0n) is 15.3. The van der Waals surface area contributed by atoms with E-state index >= 15 is 0 Å². The zero-order valence-corrected chi connectivity index (χ0v) is 17.8. The second kappa shape index (κ2) is 9.23. The molecule has 0 saturated carbocycles. The Balaban J connectivity index is 1.44. The molecule has 1 aromatic heterocycles. The fourth-order valence-corrected chi connectivity index (χ4v) is 6.66. The minimum atomic E-state index is -3.39. The first-order valence-electron chi connectivity index (χ1n) is 9.00. The molecule has 0 atom stereocenters. The van der Waals surface area contributed by atoms with Gasteiger partial charge in [-0.05, 0) is 44.0 Å². The molecule has 1 saturated heterocycles. The number of benzene rings is 1. The lowest BCUT2D eigenvalue weighted by atomic mass is 10.2. The Labute approximate surface area is 169 Å². The third-order valence-electron chi connectivity index (χ3n) is 4.34. The molecule has 1 aliphatic heterocycles. The normalized spacial score (nSPS) is 15.1. The summed E-state index contributed by atoms with van der Waals surface area (Å²) < 4.78 is 26.9. The van der Waals surface area contributed by atoms with Crippen LogP contribution in [-0.4, -0.2) is 44.0 Å². The molecule has 8 heteroatoms. The van der Waals surface area contributed by atoms with E-state index in [0.717, 1.165) is 23.5 Å². The summed E-state index contributed by atoms with van der Waals surface area (Å²) in [5.41, 5.74) is 1.23. The summed E-state index contributed by atoms with van der Waals surface area (Å²) in [7, 11) is -3.39. The number of nitrogens with one attached hydrogen (secondary N) is 1. The van der Waals surface area contributed by atoms with Crippen LogP contribution in [0.4, 0.5) is 0 Å². The van der Waals surface area contributed by atoms with Crippen molar-refractivity contribution in [3.8, 4) is 0 Å². The molecule has 0 aliphatic carbocycles. The van der Waals surface area contributed by atoms with Crippen LogP contribution in [0.3, 0.4) is 0 Å². The van der Waals surface area contributed by atoms with Gasteiger partial charge in [0.1, 0.15) is 4.21 Å². The third-order valence-corrected chi connectivity index (χ3v) is 8.81. The maximum atomic E-state index is 12.5. The van der Waals surface area contributed by atoms with Crippen molar-refractivity contribution in [2.24, 2.45) is 0 Å². The molecule has 0 unspecified atom stereocenters. The topological polar surface area (TPSA) is 66.5 Å². The van der Waals surface area contributed by atoms with Gasteiger partial charge in [-0.25, -0.2) is 8.42 Å². The zero-order chi connectivity index (χ0) is 19.3. The van der Waals surface area contributed by atoms with Crippen LogP contribution < -0.4 is 5.32 Å². The van der Waals surface area contributed by atoms with Gasteiger partial charge >= 0.3 is 0 Å². The van der Waals surface area contributed by atoms with Crippen molar-refractivity contribution in [3.05, 3.63) is 46.8 Å². The van der Waals surface area contributed by atoms with Gasteiger partial charge in [0.25, 0.3) is 10.0 Å². The van der Waals surface area contributed by atoms with Crippen LogP contribution in [0, 0.1) is 6.92 Å². The number of nitrogens with zero attached hydrogens (tertiary/aromatic N) is 1. The van der Waals surface area contributed by atoms with Crippen molar-refractivity contribution < 1.29 is 13.2 Å². The summed E-state index contributed by atoms with van der Waals surface area (Å²) >= 11 is 2.90. The molecule has 3 rings (SSSR count). The van der Waals surface area contributed by atoms with Crippen molar-refractivity contribution in [1.82, 2.24) is 9.62 Å². The average molecular weight is 425 g/mol.